The Morgan fingerprint density at radius 2 is 1.93 bits per heavy atom. The monoisotopic (exact) mass is 258 g/mol. The molecule has 0 atom stereocenters. The lowest BCUT2D eigenvalue weighted by Gasteiger charge is -2.15. The fraction of sp³-hybridized carbons (Fsp3) is 0.333. The van der Waals surface area contributed by atoms with Crippen LogP contribution in [0.15, 0.2) is 12.1 Å². The van der Waals surface area contributed by atoms with Gasteiger partial charge >= 0.3 is 6.18 Å². The summed E-state index contributed by atoms with van der Waals surface area (Å²) in [6.07, 6.45) is -4.50. The Labute approximate surface area is 94.7 Å². The summed E-state index contributed by atoms with van der Waals surface area (Å²) in [5.41, 5.74) is -0.960. The summed E-state index contributed by atoms with van der Waals surface area (Å²) in [5.74, 6) is -0.586. The van der Waals surface area contributed by atoms with Crippen LogP contribution in [0.1, 0.15) is 11.1 Å². The van der Waals surface area contributed by atoms with Crippen molar-refractivity contribution in [3.63, 3.8) is 0 Å². The van der Waals surface area contributed by atoms with Gasteiger partial charge in [0, 0.05) is 10.9 Å². The number of benzene rings is 1. The van der Waals surface area contributed by atoms with E-state index in [4.69, 9.17) is 23.2 Å². The molecule has 1 aromatic carbocycles. The van der Waals surface area contributed by atoms with Crippen molar-refractivity contribution >= 4 is 23.2 Å². The van der Waals surface area contributed by atoms with Gasteiger partial charge in [-0.2, -0.15) is 13.2 Å². The van der Waals surface area contributed by atoms with Crippen LogP contribution >= 0.6 is 23.2 Å². The average Bonchev–Trinajstić information content (AvgIpc) is 2.14. The van der Waals surface area contributed by atoms with Crippen LogP contribution in [0.5, 0.6) is 5.75 Å². The van der Waals surface area contributed by atoms with Crippen molar-refractivity contribution in [3.05, 3.63) is 28.3 Å². The smallest absolute Gasteiger partial charge is 0.420 e. The zero-order valence-electron chi connectivity index (χ0n) is 7.66. The first-order valence-corrected chi connectivity index (χ1v) is 4.81. The molecule has 0 radical (unpaired) electrons. The van der Waals surface area contributed by atoms with Gasteiger partial charge in [-0.3, -0.25) is 0 Å². The topological polar surface area (TPSA) is 9.23 Å². The van der Waals surface area contributed by atoms with Crippen LogP contribution in [0, 0.1) is 0 Å². The maximum Gasteiger partial charge on any atom is 0.420 e. The van der Waals surface area contributed by atoms with E-state index in [2.05, 4.69) is 4.74 Å². The molecule has 0 bridgehead atoms. The summed E-state index contributed by atoms with van der Waals surface area (Å²) in [6, 6.07) is 2.29. The van der Waals surface area contributed by atoms with Crippen molar-refractivity contribution in [2.45, 2.75) is 12.1 Å². The molecule has 0 aliphatic carbocycles. The number of hydrogen-bond acceptors (Lipinski definition) is 1. The van der Waals surface area contributed by atoms with E-state index >= 15 is 0 Å². The van der Waals surface area contributed by atoms with Gasteiger partial charge in [-0.1, -0.05) is 11.6 Å². The van der Waals surface area contributed by atoms with Crippen LogP contribution in [0.2, 0.25) is 5.02 Å². The highest BCUT2D eigenvalue weighted by Gasteiger charge is 2.37. The quantitative estimate of drug-likeness (QED) is 0.726. The minimum Gasteiger partial charge on any atom is -0.496 e. The molecule has 0 amide bonds. The molecule has 6 heteroatoms. The molecule has 0 heterocycles. The number of ether oxygens (including phenoxy) is 1. The molecule has 0 aliphatic rings. The van der Waals surface area contributed by atoms with Crippen molar-refractivity contribution in [2.75, 3.05) is 7.11 Å². The van der Waals surface area contributed by atoms with E-state index in [-0.39, 0.29) is 22.2 Å². The molecule has 0 aliphatic heterocycles. The van der Waals surface area contributed by atoms with Crippen molar-refractivity contribution < 1.29 is 17.9 Å². The van der Waals surface area contributed by atoms with E-state index in [9.17, 15) is 13.2 Å². The van der Waals surface area contributed by atoms with Crippen LogP contribution in [0.25, 0.3) is 0 Å². The van der Waals surface area contributed by atoms with Crippen molar-refractivity contribution in [1.29, 1.82) is 0 Å². The molecule has 0 saturated heterocycles. The standard InChI is InChI=1S/C9H7Cl2F3O/c1-15-7-3-6(11)2-5(4-10)8(7)9(12,13)14/h2-3H,4H2,1H3. The van der Waals surface area contributed by atoms with Gasteiger partial charge in [0.25, 0.3) is 0 Å². The molecule has 1 rings (SSSR count). The lowest BCUT2D eigenvalue weighted by atomic mass is 10.1. The largest absolute Gasteiger partial charge is 0.496 e. The fourth-order valence-electron chi connectivity index (χ4n) is 1.22. The normalized spacial score (nSPS) is 11.6. The van der Waals surface area contributed by atoms with E-state index in [0.717, 1.165) is 13.2 Å². The van der Waals surface area contributed by atoms with Gasteiger partial charge in [0.15, 0.2) is 0 Å². The minimum atomic E-state index is -4.50. The van der Waals surface area contributed by atoms with Gasteiger partial charge < -0.3 is 4.74 Å². The fourth-order valence-corrected chi connectivity index (χ4v) is 1.67. The Balaban J connectivity index is 3.44. The van der Waals surface area contributed by atoms with E-state index in [0.29, 0.717) is 0 Å². The minimum absolute atomic E-state index is 0.0893. The summed E-state index contributed by atoms with van der Waals surface area (Å²) >= 11 is 11.0. The van der Waals surface area contributed by atoms with E-state index < -0.39 is 11.7 Å². The third-order valence-electron chi connectivity index (χ3n) is 1.80. The molecule has 0 aromatic heterocycles. The van der Waals surface area contributed by atoms with Crippen LogP contribution in [-0.2, 0) is 12.1 Å². The number of halogens is 5. The second-order valence-corrected chi connectivity index (χ2v) is 3.48. The van der Waals surface area contributed by atoms with E-state index in [1.54, 1.807) is 0 Å². The third-order valence-corrected chi connectivity index (χ3v) is 2.30. The van der Waals surface area contributed by atoms with Gasteiger partial charge in [0.05, 0.1) is 7.11 Å². The van der Waals surface area contributed by atoms with Crippen molar-refractivity contribution in [3.8, 4) is 5.75 Å². The Morgan fingerprint density at radius 1 is 1.33 bits per heavy atom. The first kappa shape index (κ1) is 12.5. The third kappa shape index (κ3) is 2.69. The van der Waals surface area contributed by atoms with Gasteiger partial charge in [-0.25, -0.2) is 0 Å². The molecule has 0 N–H and O–H groups in total. The number of hydrogen-bond donors (Lipinski definition) is 0. The van der Waals surface area contributed by atoms with Crippen LogP contribution in [0.3, 0.4) is 0 Å². The highest BCUT2D eigenvalue weighted by molar-refractivity contribution is 6.31. The predicted octanol–water partition coefficient (Wildman–Crippen LogP) is 4.11. The Morgan fingerprint density at radius 3 is 2.33 bits per heavy atom. The van der Waals surface area contributed by atoms with Gasteiger partial charge in [-0.05, 0) is 17.7 Å². The molecule has 15 heavy (non-hydrogen) atoms. The van der Waals surface area contributed by atoms with E-state index in [1.807, 2.05) is 0 Å². The van der Waals surface area contributed by atoms with Gasteiger partial charge in [-0.15, -0.1) is 11.6 Å². The summed E-state index contributed by atoms with van der Waals surface area (Å²) in [5, 5.41) is 0.163. The zero-order valence-corrected chi connectivity index (χ0v) is 9.17. The predicted molar refractivity (Wildman–Crippen MR) is 52.6 cm³/mol. The first-order valence-electron chi connectivity index (χ1n) is 3.89. The SMILES string of the molecule is COc1cc(Cl)cc(CCl)c1C(F)(F)F. The molecule has 1 aromatic rings. The highest BCUT2D eigenvalue weighted by atomic mass is 35.5. The Bertz CT molecular complexity index is 338. The molecular formula is C9H7Cl2F3O. The zero-order chi connectivity index (χ0) is 11.6. The number of methoxy groups -OCH3 is 1. The lowest BCUT2D eigenvalue weighted by Crippen LogP contribution is -2.10. The number of alkyl halides is 4. The second-order valence-electron chi connectivity index (χ2n) is 2.77. The molecule has 84 valence electrons. The Kier molecular flexibility index (Phi) is 3.73. The lowest BCUT2D eigenvalue weighted by molar-refractivity contribution is -0.139. The molecule has 0 saturated carbocycles. The molecule has 1 nitrogen and oxygen atoms in total. The summed E-state index contributed by atoms with van der Waals surface area (Å²) in [4.78, 5) is 0. The molecular weight excluding hydrogens is 252 g/mol. The second kappa shape index (κ2) is 4.49. The summed E-state index contributed by atoms with van der Waals surface area (Å²) in [6.45, 7) is 0. The summed E-state index contributed by atoms with van der Waals surface area (Å²) < 4.78 is 42.5. The first-order chi connectivity index (χ1) is 6.90. The van der Waals surface area contributed by atoms with Gasteiger partial charge in [0.1, 0.15) is 11.3 Å². The average molecular weight is 259 g/mol. The molecule has 0 fully saturated rings. The molecule has 0 unspecified atom stereocenters. The van der Waals surface area contributed by atoms with Gasteiger partial charge in [0.2, 0.25) is 0 Å². The van der Waals surface area contributed by atoms with Crippen LogP contribution in [-0.4, -0.2) is 7.11 Å². The number of rotatable bonds is 2. The maximum absolute atomic E-state index is 12.6. The van der Waals surface area contributed by atoms with Crippen LogP contribution < -0.4 is 4.74 Å². The maximum atomic E-state index is 12.6. The van der Waals surface area contributed by atoms with Crippen molar-refractivity contribution in [2.24, 2.45) is 0 Å². The van der Waals surface area contributed by atoms with E-state index in [1.165, 1.54) is 6.07 Å². The summed E-state index contributed by atoms with van der Waals surface area (Å²) in [7, 11) is 1.15. The molecule has 0 spiro atoms. The van der Waals surface area contributed by atoms with Crippen LogP contribution in [0.4, 0.5) is 13.2 Å². The highest BCUT2D eigenvalue weighted by Crippen LogP contribution is 2.40. The Hall–Kier alpha value is -0.610. The van der Waals surface area contributed by atoms with Crippen molar-refractivity contribution in [1.82, 2.24) is 0 Å².